The molecule has 0 aliphatic carbocycles. The number of hydrogen-bond donors (Lipinski definition) is 2. The summed E-state index contributed by atoms with van der Waals surface area (Å²) in [5, 5.41) is 5.29. The predicted octanol–water partition coefficient (Wildman–Crippen LogP) is -0.223. The Labute approximate surface area is 97.4 Å². The van der Waals surface area contributed by atoms with Gasteiger partial charge in [0.05, 0.1) is 0 Å². The summed E-state index contributed by atoms with van der Waals surface area (Å²) in [5.41, 5.74) is 0. The van der Waals surface area contributed by atoms with E-state index in [-0.39, 0.29) is 49.2 Å². The number of carbonyl (C=O) groups excluding carboxylic acids is 2. The van der Waals surface area contributed by atoms with Gasteiger partial charge in [0.2, 0.25) is 11.8 Å². The van der Waals surface area contributed by atoms with E-state index in [0.29, 0.717) is 0 Å². The summed E-state index contributed by atoms with van der Waals surface area (Å²) in [5.74, 6) is -0.457. The van der Waals surface area contributed by atoms with Crippen molar-refractivity contribution in [1.82, 2.24) is 10.6 Å². The van der Waals surface area contributed by atoms with Crippen molar-refractivity contribution >= 4 is 30.7 Å². The van der Waals surface area contributed by atoms with Gasteiger partial charge in [0.15, 0.2) is 0 Å². The zero-order chi connectivity index (χ0) is 10.4. The Bertz CT molecular complexity index is 173. The minimum atomic E-state index is -0.229. The summed E-state index contributed by atoms with van der Waals surface area (Å²) in [6.07, 6.45) is -0.0869. The third kappa shape index (κ3) is 9.62. The number of hydrogen-bond acceptors (Lipinski definition) is 2. The fraction of sp³-hybridized carbons (Fsp3) is 0.778. The fourth-order valence-electron chi connectivity index (χ4n) is 0.892. The van der Waals surface area contributed by atoms with Crippen LogP contribution in [0.2, 0.25) is 0 Å². The molecule has 0 bridgehead atoms. The molecule has 0 aromatic heterocycles. The van der Waals surface area contributed by atoms with Gasteiger partial charge < -0.3 is 10.6 Å². The van der Waals surface area contributed by atoms with Crippen LogP contribution in [-0.4, -0.2) is 42.8 Å². The van der Waals surface area contributed by atoms with Crippen LogP contribution in [0.5, 0.6) is 0 Å². The Morgan fingerprint density at radius 2 is 1.21 bits per heavy atom. The molecule has 0 aromatic carbocycles. The summed E-state index contributed by atoms with van der Waals surface area (Å²) in [4.78, 5) is 22.1. The monoisotopic (exact) mass is 194 g/mol. The molecule has 0 rings (SSSR count). The van der Waals surface area contributed by atoms with E-state index in [1.54, 1.807) is 0 Å². The fourth-order valence-corrected chi connectivity index (χ4v) is 0.892. The van der Waals surface area contributed by atoms with Gasteiger partial charge in [-0.15, -0.1) is 0 Å². The molecule has 78 valence electrons. The molecule has 0 aliphatic heterocycles. The molecular weight excluding hydrogens is 175 g/mol. The first-order valence-corrected chi connectivity index (χ1v) is 4.50. The van der Waals surface area contributed by atoms with Crippen molar-refractivity contribution in [3.05, 3.63) is 0 Å². The quantitative estimate of drug-likeness (QED) is 0.480. The zero-order valence-electron chi connectivity index (χ0n) is 8.68. The molecule has 4 nitrogen and oxygen atoms in total. The van der Waals surface area contributed by atoms with Crippen LogP contribution in [0.15, 0.2) is 0 Å². The second kappa shape index (κ2) is 7.90. The van der Waals surface area contributed by atoms with Crippen molar-refractivity contribution in [3.63, 3.8) is 0 Å². The molecule has 5 heteroatoms. The van der Waals surface area contributed by atoms with E-state index in [2.05, 4.69) is 10.6 Å². The Hall–Kier alpha value is -0.463. The van der Waals surface area contributed by atoms with Crippen molar-refractivity contribution in [2.24, 2.45) is 0 Å². The van der Waals surface area contributed by atoms with Crippen LogP contribution in [0, 0.1) is 0 Å². The molecule has 0 saturated heterocycles. The van der Waals surface area contributed by atoms with Crippen LogP contribution in [0.1, 0.15) is 34.1 Å². The number of carbonyl (C=O) groups is 2. The molecule has 0 heterocycles. The van der Waals surface area contributed by atoms with Crippen molar-refractivity contribution in [1.29, 1.82) is 0 Å². The van der Waals surface area contributed by atoms with E-state index >= 15 is 0 Å². The summed E-state index contributed by atoms with van der Waals surface area (Å²) in [6.45, 7) is 7.44. The molecule has 0 atom stereocenters. The predicted molar refractivity (Wildman–Crippen MR) is 58.3 cm³/mol. The normalized spacial score (nSPS) is 9.57. The Morgan fingerprint density at radius 3 is 1.43 bits per heavy atom. The van der Waals surface area contributed by atoms with E-state index in [1.807, 2.05) is 27.7 Å². The number of rotatable bonds is 4. The number of nitrogens with one attached hydrogen (secondary N) is 2. The van der Waals surface area contributed by atoms with Crippen LogP contribution in [0.3, 0.4) is 0 Å². The Morgan fingerprint density at radius 1 is 0.929 bits per heavy atom. The van der Waals surface area contributed by atoms with E-state index in [0.717, 1.165) is 0 Å². The van der Waals surface area contributed by atoms with Gasteiger partial charge in [0.1, 0.15) is 6.42 Å². The average molecular weight is 194 g/mol. The van der Waals surface area contributed by atoms with E-state index in [9.17, 15) is 9.59 Å². The summed E-state index contributed by atoms with van der Waals surface area (Å²) in [7, 11) is 0. The minimum absolute atomic E-state index is 0. The Kier molecular flexibility index (Phi) is 9.02. The summed E-state index contributed by atoms with van der Waals surface area (Å²) >= 11 is 0. The molecule has 2 amide bonds. The molecule has 0 aliphatic rings. The van der Waals surface area contributed by atoms with Gasteiger partial charge in [-0.3, -0.25) is 9.59 Å². The maximum atomic E-state index is 11.1. The first kappa shape index (κ1) is 16.0. The van der Waals surface area contributed by atoms with E-state index in [4.69, 9.17) is 0 Å². The van der Waals surface area contributed by atoms with Gasteiger partial charge in [-0.25, -0.2) is 0 Å². The van der Waals surface area contributed by atoms with Gasteiger partial charge in [-0.1, -0.05) is 0 Å². The molecule has 14 heavy (non-hydrogen) atoms. The molecule has 0 radical (unpaired) electrons. The standard InChI is InChI=1S/C9H18N2O2.Li.H/c1-6(2)10-8(12)5-9(13)11-7(3)4;;/h6-7H,5H2,1-4H3,(H,10,12)(H,11,13);;. The van der Waals surface area contributed by atoms with Gasteiger partial charge in [-0.05, 0) is 27.7 Å². The van der Waals surface area contributed by atoms with Crippen LogP contribution in [0.25, 0.3) is 0 Å². The van der Waals surface area contributed by atoms with Gasteiger partial charge in [0, 0.05) is 12.1 Å². The maximum absolute atomic E-state index is 11.1. The molecule has 0 unspecified atom stereocenters. The van der Waals surface area contributed by atoms with E-state index < -0.39 is 0 Å². The third-order valence-corrected chi connectivity index (χ3v) is 1.22. The topological polar surface area (TPSA) is 58.2 Å². The second-order valence-corrected chi connectivity index (χ2v) is 3.62. The van der Waals surface area contributed by atoms with Crippen LogP contribution in [0.4, 0.5) is 0 Å². The summed E-state index contributed by atoms with van der Waals surface area (Å²) < 4.78 is 0. The van der Waals surface area contributed by atoms with Gasteiger partial charge in [0.25, 0.3) is 0 Å². The second-order valence-electron chi connectivity index (χ2n) is 3.62. The van der Waals surface area contributed by atoms with Crippen molar-refractivity contribution in [2.45, 2.75) is 46.2 Å². The first-order valence-electron chi connectivity index (χ1n) is 4.50. The van der Waals surface area contributed by atoms with Crippen molar-refractivity contribution in [3.8, 4) is 0 Å². The van der Waals surface area contributed by atoms with Crippen molar-refractivity contribution in [2.75, 3.05) is 0 Å². The van der Waals surface area contributed by atoms with Crippen LogP contribution in [-0.2, 0) is 9.59 Å². The Balaban J connectivity index is 0. The average Bonchev–Trinajstić information content (AvgIpc) is 1.80. The van der Waals surface area contributed by atoms with E-state index in [1.165, 1.54) is 0 Å². The van der Waals surface area contributed by atoms with Gasteiger partial charge in [-0.2, -0.15) is 0 Å². The zero-order valence-corrected chi connectivity index (χ0v) is 8.68. The molecule has 0 spiro atoms. The molecule has 0 saturated carbocycles. The van der Waals surface area contributed by atoms with Gasteiger partial charge >= 0.3 is 18.9 Å². The van der Waals surface area contributed by atoms with Crippen LogP contribution >= 0.6 is 0 Å². The van der Waals surface area contributed by atoms with Crippen LogP contribution < -0.4 is 10.6 Å². The first-order chi connectivity index (χ1) is 5.91. The number of amides is 2. The molecule has 2 N–H and O–H groups in total. The SMILES string of the molecule is CC(C)NC(=O)CC(=O)NC(C)C.[LiH]. The van der Waals surface area contributed by atoms with Crippen molar-refractivity contribution < 1.29 is 9.59 Å². The summed E-state index contributed by atoms with van der Waals surface area (Å²) in [6, 6.07) is 0.165. The molecule has 0 fully saturated rings. The molecular formula is C9H19LiN2O2. The molecule has 0 aromatic rings. The third-order valence-electron chi connectivity index (χ3n) is 1.22.